The van der Waals surface area contributed by atoms with Gasteiger partial charge in [0.25, 0.3) is 0 Å². The van der Waals surface area contributed by atoms with Gasteiger partial charge >= 0.3 is 6.18 Å². The molecule has 0 fully saturated rings. The van der Waals surface area contributed by atoms with Crippen LogP contribution in [0.25, 0.3) is 0 Å². The predicted molar refractivity (Wildman–Crippen MR) is 75.2 cm³/mol. The van der Waals surface area contributed by atoms with Crippen molar-refractivity contribution in [3.8, 4) is 0 Å². The molecule has 1 aromatic carbocycles. The average Bonchev–Trinajstić information content (AvgIpc) is 2.37. The van der Waals surface area contributed by atoms with Gasteiger partial charge < -0.3 is 10.6 Å². The molecule has 0 amide bonds. The number of amidine groups is 1. The monoisotopic (exact) mass is 287 g/mol. The molecule has 1 rings (SSSR count). The number of nitrogens with two attached hydrogens (primary N) is 1. The minimum atomic E-state index is -4.52. The van der Waals surface area contributed by atoms with E-state index in [1.165, 1.54) is 6.07 Å². The molecule has 112 valence electrons. The van der Waals surface area contributed by atoms with Crippen molar-refractivity contribution in [1.29, 1.82) is 5.41 Å². The first-order chi connectivity index (χ1) is 9.22. The van der Waals surface area contributed by atoms with Crippen LogP contribution in [0.2, 0.25) is 0 Å². The Bertz CT molecular complexity index is 483. The molecular formula is C14H20F3N3. The van der Waals surface area contributed by atoms with Crippen LogP contribution in [0, 0.1) is 5.41 Å². The van der Waals surface area contributed by atoms with Crippen LogP contribution in [-0.4, -0.2) is 18.4 Å². The van der Waals surface area contributed by atoms with E-state index in [9.17, 15) is 13.2 Å². The minimum Gasteiger partial charge on any atom is -0.384 e. The normalized spacial score (nSPS) is 13.1. The van der Waals surface area contributed by atoms with Crippen molar-refractivity contribution in [2.75, 3.05) is 11.4 Å². The summed E-state index contributed by atoms with van der Waals surface area (Å²) in [5.41, 5.74) is 4.59. The van der Waals surface area contributed by atoms with Gasteiger partial charge in [0.2, 0.25) is 0 Å². The maximum Gasteiger partial charge on any atom is 0.417 e. The summed E-state index contributed by atoms with van der Waals surface area (Å²) in [4.78, 5) is 1.90. The van der Waals surface area contributed by atoms with Crippen LogP contribution >= 0.6 is 0 Å². The van der Waals surface area contributed by atoms with Crippen LogP contribution in [0.5, 0.6) is 0 Å². The van der Waals surface area contributed by atoms with E-state index < -0.39 is 17.6 Å². The summed E-state index contributed by atoms with van der Waals surface area (Å²) >= 11 is 0. The summed E-state index contributed by atoms with van der Waals surface area (Å²) in [6.07, 6.45) is -3.68. The Hall–Kier alpha value is -1.72. The largest absolute Gasteiger partial charge is 0.417 e. The first-order valence-corrected chi connectivity index (χ1v) is 6.54. The molecule has 0 saturated heterocycles. The molecule has 1 atom stereocenters. The van der Waals surface area contributed by atoms with Crippen LogP contribution in [-0.2, 0) is 6.18 Å². The van der Waals surface area contributed by atoms with E-state index in [1.807, 2.05) is 25.7 Å². The van der Waals surface area contributed by atoms with Crippen LogP contribution in [0.3, 0.4) is 0 Å². The van der Waals surface area contributed by atoms with E-state index in [0.29, 0.717) is 12.2 Å². The topological polar surface area (TPSA) is 53.1 Å². The Balaban J connectivity index is 3.35. The third kappa shape index (κ3) is 3.43. The van der Waals surface area contributed by atoms with Crippen molar-refractivity contribution >= 4 is 11.5 Å². The third-order valence-electron chi connectivity index (χ3n) is 3.39. The van der Waals surface area contributed by atoms with Gasteiger partial charge in [-0.15, -0.1) is 0 Å². The summed E-state index contributed by atoms with van der Waals surface area (Å²) in [7, 11) is 0. The number of nitrogens with zero attached hydrogens (tertiary/aromatic N) is 1. The second kappa shape index (κ2) is 6.15. The molecule has 0 bridgehead atoms. The summed E-state index contributed by atoms with van der Waals surface area (Å²) < 4.78 is 39.2. The fraction of sp³-hybridized carbons (Fsp3) is 0.500. The first kappa shape index (κ1) is 16.3. The highest BCUT2D eigenvalue weighted by atomic mass is 19.4. The number of anilines is 1. The van der Waals surface area contributed by atoms with E-state index in [0.717, 1.165) is 12.5 Å². The fourth-order valence-corrected chi connectivity index (χ4v) is 2.15. The van der Waals surface area contributed by atoms with Crippen LogP contribution in [0.15, 0.2) is 18.2 Å². The molecule has 1 unspecified atom stereocenters. The van der Waals surface area contributed by atoms with Crippen molar-refractivity contribution in [2.45, 2.75) is 39.4 Å². The van der Waals surface area contributed by atoms with Crippen LogP contribution in [0.4, 0.5) is 18.9 Å². The molecule has 1 aromatic rings. The van der Waals surface area contributed by atoms with Gasteiger partial charge in [0.1, 0.15) is 5.84 Å². The lowest BCUT2D eigenvalue weighted by Crippen LogP contribution is -2.32. The summed E-state index contributed by atoms with van der Waals surface area (Å²) in [5, 5.41) is 7.26. The molecule has 6 heteroatoms. The van der Waals surface area contributed by atoms with Gasteiger partial charge in [-0.2, -0.15) is 13.2 Å². The Morgan fingerprint density at radius 1 is 1.35 bits per heavy atom. The lowest BCUT2D eigenvalue weighted by atomic mass is 10.0. The van der Waals surface area contributed by atoms with Crippen molar-refractivity contribution < 1.29 is 13.2 Å². The second-order valence-electron chi connectivity index (χ2n) is 4.68. The Morgan fingerprint density at radius 2 is 1.95 bits per heavy atom. The summed E-state index contributed by atoms with van der Waals surface area (Å²) in [6, 6.07) is 4.07. The van der Waals surface area contributed by atoms with Crippen LogP contribution < -0.4 is 10.6 Å². The molecule has 0 saturated carbocycles. The molecule has 0 radical (unpaired) electrons. The van der Waals surface area contributed by atoms with E-state index in [4.69, 9.17) is 11.1 Å². The van der Waals surface area contributed by atoms with Gasteiger partial charge in [-0.05, 0) is 38.5 Å². The van der Waals surface area contributed by atoms with Gasteiger partial charge in [0, 0.05) is 23.8 Å². The molecule has 0 heterocycles. The van der Waals surface area contributed by atoms with Gasteiger partial charge in [0.15, 0.2) is 0 Å². The number of hydrogen-bond acceptors (Lipinski definition) is 2. The number of benzene rings is 1. The fourth-order valence-electron chi connectivity index (χ4n) is 2.15. The highest BCUT2D eigenvalue weighted by molar-refractivity contribution is 5.97. The van der Waals surface area contributed by atoms with Gasteiger partial charge in [-0.1, -0.05) is 6.92 Å². The number of halogens is 3. The number of nitrogen functional groups attached to an aromatic ring is 1. The van der Waals surface area contributed by atoms with Crippen LogP contribution in [0.1, 0.15) is 38.3 Å². The zero-order chi connectivity index (χ0) is 15.5. The Labute approximate surface area is 117 Å². The molecule has 0 aromatic heterocycles. The Kier molecular flexibility index (Phi) is 5.03. The molecule has 3 N–H and O–H groups in total. The number of rotatable bonds is 5. The van der Waals surface area contributed by atoms with Gasteiger partial charge in [-0.3, -0.25) is 5.41 Å². The van der Waals surface area contributed by atoms with Gasteiger partial charge in [0.05, 0.1) is 5.56 Å². The predicted octanol–water partition coefficient (Wildman–Crippen LogP) is 3.61. The molecule has 0 aliphatic carbocycles. The second-order valence-corrected chi connectivity index (χ2v) is 4.68. The average molecular weight is 287 g/mol. The minimum absolute atomic E-state index is 0.143. The maximum absolute atomic E-state index is 13.1. The lowest BCUT2D eigenvalue weighted by molar-refractivity contribution is -0.137. The Morgan fingerprint density at radius 3 is 2.35 bits per heavy atom. The van der Waals surface area contributed by atoms with Crippen molar-refractivity contribution in [3.63, 3.8) is 0 Å². The third-order valence-corrected chi connectivity index (χ3v) is 3.39. The number of hydrogen-bond donors (Lipinski definition) is 2. The molecule has 3 nitrogen and oxygen atoms in total. The summed E-state index contributed by atoms with van der Waals surface area (Å²) in [5.74, 6) is -0.574. The molecule has 0 aliphatic rings. The van der Waals surface area contributed by atoms with Crippen molar-refractivity contribution in [3.05, 3.63) is 29.3 Å². The van der Waals surface area contributed by atoms with Gasteiger partial charge in [-0.25, -0.2) is 0 Å². The first-order valence-electron chi connectivity index (χ1n) is 6.54. The van der Waals surface area contributed by atoms with E-state index >= 15 is 0 Å². The van der Waals surface area contributed by atoms with Crippen molar-refractivity contribution in [1.82, 2.24) is 0 Å². The van der Waals surface area contributed by atoms with E-state index in [1.54, 1.807) is 6.07 Å². The summed E-state index contributed by atoms with van der Waals surface area (Å²) in [6.45, 7) is 6.47. The van der Waals surface area contributed by atoms with Crippen molar-refractivity contribution in [2.24, 2.45) is 5.73 Å². The standard InChI is InChI=1S/C14H20F3N3/c1-4-9(3)20(5-2)10-6-7-11(13(18)19)12(8-10)14(15,16)17/h6-9H,4-5H2,1-3H3,(H3,18,19). The zero-order valence-corrected chi connectivity index (χ0v) is 11.9. The molecule has 0 spiro atoms. The molecule has 20 heavy (non-hydrogen) atoms. The van der Waals surface area contributed by atoms with E-state index in [2.05, 4.69) is 0 Å². The zero-order valence-electron chi connectivity index (χ0n) is 11.9. The molecule has 0 aliphatic heterocycles. The lowest BCUT2D eigenvalue weighted by Gasteiger charge is -2.30. The number of alkyl halides is 3. The molecular weight excluding hydrogens is 267 g/mol. The highest BCUT2D eigenvalue weighted by Gasteiger charge is 2.34. The quantitative estimate of drug-likeness (QED) is 0.642. The SMILES string of the molecule is CCC(C)N(CC)c1ccc(C(=N)N)c(C(F)(F)F)c1. The van der Waals surface area contributed by atoms with E-state index in [-0.39, 0.29) is 11.6 Å². The number of nitrogens with one attached hydrogen (secondary N) is 1. The highest BCUT2D eigenvalue weighted by Crippen LogP contribution is 2.35. The maximum atomic E-state index is 13.1. The smallest absolute Gasteiger partial charge is 0.384 e.